The van der Waals surface area contributed by atoms with E-state index in [4.69, 9.17) is 5.73 Å². The van der Waals surface area contributed by atoms with Crippen LogP contribution in [-0.2, 0) is 0 Å². The van der Waals surface area contributed by atoms with Crippen molar-refractivity contribution in [1.29, 1.82) is 0 Å². The molecule has 0 aromatic heterocycles. The maximum absolute atomic E-state index is 13.5. The van der Waals surface area contributed by atoms with E-state index < -0.39 is 11.6 Å². The molecule has 3 N–H and O–H groups in total. The first-order valence-electron chi connectivity index (χ1n) is 4.92. The number of hydrogen-bond donors (Lipinski definition) is 2. The third kappa shape index (κ3) is 2.73. The van der Waals surface area contributed by atoms with Gasteiger partial charge >= 0.3 is 0 Å². The average molecular weight is 214 g/mol. The van der Waals surface area contributed by atoms with Crippen LogP contribution >= 0.6 is 0 Å². The molecule has 0 aliphatic heterocycles. The monoisotopic (exact) mass is 214 g/mol. The van der Waals surface area contributed by atoms with Crippen molar-refractivity contribution in [2.24, 2.45) is 11.7 Å². The van der Waals surface area contributed by atoms with Gasteiger partial charge in [0.05, 0.1) is 0 Å². The van der Waals surface area contributed by atoms with Crippen LogP contribution in [0, 0.1) is 17.6 Å². The fourth-order valence-electron chi connectivity index (χ4n) is 1.64. The van der Waals surface area contributed by atoms with Gasteiger partial charge in [0.2, 0.25) is 0 Å². The average Bonchev–Trinajstić information content (AvgIpc) is 2.23. The molecule has 0 bridgehead atoms. The van der Waals surface area contributed by atoms with Crippen LogP contribution in [0.4, 0.5) is 8.78 Å². The number of hydrogen-bond acceptors (Lipinski definition) is 2. The summed E-state index contributed by atoms with van der Waals surface area (Å²) in [6.45, 7) is 2.31. The molecular formula is C11H16F2N2. The molecule has 0 aliphatic carbocycles. The zero-order valence-electron chi connectivity index (χ0n) is 8.93. The molecule has 0 heterocycles. The van der Waals surface area contributed by atoms with E-state index in [9.17, 15) is 8.78 Å². The summed E-state index contributed by atoms with van der Waals surface area (Å²) in [6, 6.07) is 3.20. The molecular weight excluding hydrogens is 198 g/mol. The van der Waals surface area contributed by atoms with Crippen molar-refractivity contribution in [3.05, 3.63) is 35.4 Å². The Balaban J connectivity index is 3.05. The number of halogens is 2. The molecule has 1 aromatic rings. The van der Waals surface area contributed by atoms with Gasteiger partial charge in [0.15, 0.2) is 0 Å². The predicted octanol–water partition coefficient (Wildman–Crippen LogP) is 1.82. The summed E-state index contributed by atoms with van der Waals surface area (Å²) in [5.41, 5.74) is 5.85. The summed E-state index contributed by atoms with van der Waals surface area (Å²) in [5.74, 6) is -0.793. The second kappa shape index (κ2) is 5.19. The molecule has 0 radical (unpaired) electrons. The molecule has 84 valence electrons. The van der Waals surface area contributed by atoms with Crippen LogP contribution in [0.15, 0.2) is 18.2 Å². The highest BCUT2D eigenvalue weighted by Gasteiger charge is 2.20. The van der Waals surface area contributed by atoms with E-state index in [1.807, 2.05) is 6.92 Å². The quantitative estimate of drug-likeness (QED) is 0.802. The maximum Gasteiger partial charge on any atom is 0.128 e. The molecule has 0 spiro atoms. The van der Waals surface area contributed by atoms with E-state index in [0.29, 0.717) is 12.1 Å². The first kappa shape index (κ1) is 12.1. The molecule has 0 aliphatic rings. The zero-order valence-corrected chi connectivity index (χ0v) is 8.93. The summed E-state index contributed by atoms with van der Waals surface area (Å²) < 4.78 is 26.4. The van der Waals surface area contributed by atoms with Gasteiger partial charge in [-0.2, -0.15) is 0 Å². The van der Waals surface area contributed by atoms with Crippen molar-refractivity contribution in [3.8, 4) is 0 Å². The van der Waals surface area contributed by atoms with Crippen LogP contribution in [0.2, 0.25) is 0 Å². The minimum absolute atomic E-state index is 0.0475. The van der Waals surface area contributed by atoms with Crippen LogP contribution in [0.5, 0.6) is 0 Å². The van der Waals surface area contributed by atoms with E-state index in [0.717, 1.165) is 12.1 Å². The van der Waals surface area contributed by atoms with Gasteiger partial charge in [0.25, 0.3) is 0 Å². The lowest BCUT2D eigenvalue weighted by Gasteiger charge is -2.23. The van der Waals surface area contributed by atoms with Gasteiger partial charge in [0, 0.05) is 11.6 Å². The SMILES string of the molecule is CNC(c1cc(F)ccc1F)C(C)CN. The zero-order chi connectivity index (χ0) is 11.4. The molecule has 2 nitrogen and oxygen atoms in total. The Morgan fingerprint density at radius 2 is 2.07 bits per heavy atom. The smallest absolute Gasteiger partial charge is 0.128 e. The van der Waals surface area contributed by atoms with Gasteiger partial charge in [-0.15, -0.1) is 0 Å². The first-order chi connectivity index (χ1) is 7.10. The van der Waals surface area contributed by atoms with Crippen LogP contribution in [0.3, 0.4) is 0 Å². The summed E-state index contributed by atoms with van der Waals surface area (Å²) in [6.07, 6.45) is 0. The summed E-state index contributed by atoms with van der Waals surface area (Å²) in [4.78, 5) is 0. The third-order valence-corrected chi connectivity index (χ3v) is 2.54. The molecule has 1 rings (SSSR count). The van der Waals surface area contributed by atoms with Gasteiger partial charge in [-0.25, -0.2) is 8.78 Å². The highest BCUT2D eigenvalue weighted by Crippen LogP contribution is 2.24. The number of benzene rings is 1. The lowest BCUT2D eigenvalue weighted by molar-refractivity contribution is 0.402. The van der Waals surface area contributed by atoms with Crippen molar-refractivity contribution in [1.82, 2.24) is 5.32 Å². The molecule has 0 saturated heterocycles. The predicted molar refractivity (Wildman–Crippen MR) is 56.4 cm³/mol. The van der Waals surface area contributed by atoms with Gasteiger partial charge in [-0.1, -0.05) is 6.92 Å². The molecule has 1 aromatic carbocycles. The van der Waals surface area contributed by atoms with Crippen molar-refractivity contribution < 1.29 is 8.78 Å². The van der Waals surface area contributed by atoms with Crippen molar-refractivity contribution in [2.45, 2.75) is 13.0 Å². The standard InChI is InChI=1S/C11H16F2N2/c1-7(6-14)11(15-2)9-5-8(12)3-4-10(9)13/h3-5,7,11,15H,6,14H2,1-2H3. The molecule has 2 atom stereocenters. The Hall–Kier alpha value is -1.00. The van der Waals surface area contributed by atoms with E-state index in [-0.39, 0.29) is 12.0 Å². The first-order valence-corrected chi connectivity index (χ1v) is 4.92. The van der Waals surface area contributed by atoms with Crippen LogP contribution < -0.4 is 11.1 Å². The van der Waals surface area contributed by atoms with Crippen molar-refractivity contribution in [3.63, 3.8) is 0 Å². The molecule has 4 heteroatoms. The van der Waals surface area contributed by atoms with Crippen LogP contribution in [0.1, 0.15) is 18.5 Å². The second-order valence-electron chi connectivity index (χ2n) is 3.65. The van der Waals surface area contributed by atoms with E-state index in [1.54, 1.807) is 7.05 Å². The van der Waals surface area contributed by atoms with Crippen molar-refractivity contribution >= 4 is 0 Å². The van der Waals surface area contributed by atoms with Gasteiger partial charge in [-0.3, -0.25) is 0 Å². The number of nitrogens with one attached hydrogen (secondary N) is 1. The highest BCUT2D eigenvalue weighted by atomic mass is 19.1. The minimum atomic E-state index is -0.434. The van der Waals surface area contributed by atoms with Gasteiger partial charge in [0.1, 0.15) is 11.6 Å². The molecule has 15 heavy (non-hydrogen) atoms. The Morgan fingerprint density at radius 3 is 2.60 bits per heavy atom. The second-order valence-corrected chi connectivity index (χ2v) is 3.65. The highest BCUT2D eigenvalue weighted by molar-refractivity contribution is 5.23. The van der Waals surface area contributed by atoms with Crippen LogP contribution in [0.25, 0.3) is 0 Å². The molecule has 0 saturated carbocycles. The molecule has 0 amide bonds. The topological polar surface area (TPSA) is 38.0 Å². The van der Waals surface area contributed by atoms with E-state index >= 15 is 0 Å². The molecule has 2 unspecified atom stereocenters. The number of nitrogens with two attached hydrogens (primary N) is 1. The third-order valence-electron chi connectivity index (χ3n) is 2.54. The van der Waals surface area contributed by atoms with E-state index in [2.05, 4.69) is 5.32 Å². The summed E-state index contributed by atoms with van der Waals surface area (Å²) in [7, 11) is 1.71. The summed E-state index contributed by atoms with van der Waals surface area (Å²) >= 11 is 0. The lowest BCUT2D eigenvalue weighted by Crippen LogP contribution is -2.29. The van der Waals surface area contributed by atoms with Gasteiger partial charge in [-0.05, 0) is 37.7 Å². The van der Waals surface area contributed by atoms with Gasteiger partial charge < -0.3 is 11.1 Å². The number of rotatable bonds is 4. The summed E-state index contributed by atoms with van der Waals surface area (Å²) in [5, 5.41) is 2.95. The Labute approximate surface area is 88.5 Å². The fourth-order valence-corrected chi connectivity index (χ4v) is 1.64. The Bertz CT molecular complexity index is 328. The normalized spacial score (nSPS) is 15.0. The minimum Gasteiger partial charge on any atom is -0.330 e. The Morgan fingerprint density at radius 1 is 1.40 bits per heavy atom. The lowest BCUT2D eigenvalue weighted by atomic mass is 9.94. The fraction of sp³-hybridized carbons (Fsp3) is 0.455. The van der Waals surface area contributed by atoms with E-state index in [1.165, 1.54) is 6.07 Å². The maximum atomic E-state index is 13.5. The largest absolute Gasteiger partial charge is 0.330 e. The van der Waals surface area contributed by atoms with Crippen LogP contribution in [-0.4, -0.2) is 13.6 Å². The Kier molecular flexibility index (Phi) is 4.17. The van der Waals surface area contributed by atoms with Crippen molar-refractivity contribution in [2.75, 3.05) is 13.6 Å². The molecule has 0 fully saturated rings.